The van der Waals surface area contributed by atoms with E-state index in [9.17, 15) is 0 Å². The lowest BCUT2D eigenvalue weighted by Gasteiger charge is -2.33. The van der Waals surface area contributed by atoms with Crippen molar-refractivity contribution in [3.63, 3.8) is 0 Å². The van der Waals surface area contributed by atoms with Crippen molar-refractivity contribution in [1.82, 2.24) is 25.5 Å². The molecule has 2 aromatic heterocycles. The Hall–Kier alpha value is -3.11. The number of hydrogen-bond donors (Lipinski definition) is 4. The minimum absolute atomic E-state index is 0.461. The highest BCUT2D eigenvalue weighted by Crippen LogP contribution is 2.36. The van der Waals surface area contributed by atoms with Gasteiger partial charge in [0.2, 0.25) is 5.95 Å². The van der Waals surface area contributed by atoms with Crippen molar-refractivity contribution in [3.8, 4) is 0 Å². The van der Waals surface area contributed by atoms with Gasteiger partial charge in [0.25, 0.3) is 0 Å². The quantitative estimate of drug-likeness (QED) is 0.263. The molecule has 10 heteroatoms. The number of aryl methyl sites for hydroxylation is 1. The van der Waals surface area contributed by atoms with Crippen LogP contribution in [0.5, 0.6) is 0 Å². The summed E-state index contributed by atoms with van der Waals surface area (Å²) < 4.78 is 5.31. The van der Waals surface area contributed by atoms with Crippen molar-refractivity contribution in [2.75, 3.05) is 35.7 Å². The molecule has 0 radical (unpaired) electrons. The molecule has 1 saturated carbocycles. The van der Waals surface area contributed by atoms with Crippen LogP contribution in [0.1, 0.15) is 30.7 Å². The number of nitrogens with one attached hydrogen (secondary N) is 3. The van der Waals surface area contributed by atoms with E-state index in [1.807, 2.05) is 25.1 Å². The van der Waals surface area contributed by atoms with E-state index in [4.69, 9.17) is 15.3 Å². The lowest BCUT2D eigenvalue weighted by atomic mass is 10.2. The first-order chi connectivity index (χ1) is 15.5. The summed E-state index contributed by atoms with van der Waals surface area (Å²) in [5, 5.41) is 10.5. The summed E-state index contributed by atoms with van der Waals surface area (Å²) in [6, 6.07) is 4.95. The fraction of sp³-hybridized carbons (Fsp3) is 0.500. The fourth-order valence-electron chi connectivity index (χ4n) is 4.60. The Kier molecular flexibility index (Phi) is 5.48. The Bertz CT molecular complexity index is 1030. The van der Waals surface area contributed by atoms with E-state index in [0.29, 0.717) is 36.3 Å². The van der Waals surface area contributed by atoms with Crippen LogP contribution in [-0.4, -0.2) is 52.2 Å². The van der Waals surface area contributed by atoms with E-state index in [0.717, 1.165) is 54.6 Å². The van der Waals surface area contributed by atoms with Gasteiger partial charge in [-0.15, -0.1) is 0 Å². The van der Waals surface area contributed by atoms with E-state index >= 15 is 0 Å². The molecule has 0 amide bonds. The topological polar surface area (TPSA) is 120 Å². The minimum Gasteiger partial charge on any atom is -0.359 e. The maximum absolute atomic E-state index is 5.68. The predicted molar refractivity (Wildman–Crippen MR) is 124 cm³/mol. The van der Waals surface area contributed by atoms with Crippen LogP contribution in [0.25, 0.3) is 0 Å². The standard InChI is InChI=1S/C22H31N9O/c1-13(7-19(28-23)15-4-5-15)25-20-9-21(31-12-16-8-17(31)11-30(16)3)27-22(26-20)24-10-18-6-14(2)29-32-18/h6-7,9,15-17,28H,1,4-5,8,10-12,23H2,2-3H3,(H2,24,25,26,27)/b19-7-. The van der Waals surface area contributed by atoms with Gasteiger partial charge in [0.05, 0.1) is 12.2 Å². The van der Waals surface area contributed by atoms with Crippen LogP contribution in [0.4, 0.5) is 17.6 Å². The average Bonchev–Trinajstić information content (AvgIpc) is 3.24. The first-order valence-electron chi connectivity index (χ1n) is 11.1. The molecule has 2 aliphatic heterocycles. The van der Waals surface area contributed by atoms with Crippen LogP contribution in [0, 0.1) is 12.8 Å². The molecule has 10 nitrogen and oxygen atoms in total. The van der Waals surface area contributed by atoms with Crippen LogP contribution in [0.2, 0.25) is 0 Å². The highest BCUT2D eigenvalue weighted by Gasteiger charge is 2.42. The smallest absolute Gasteiger partial charge is 0.227 e. The number of nitrogens with two attached hydrogens (primary N) is 1. The lowest BCUT2D eigenvalue weighted by Crippen LogP contribution is -2.45. The second-order valence-electron chi connectivity index (χ2n) is 9.03. The van der Waals surface area contributed by atoms with Crippen molar-refractivity contribution in [1.29, 1.82) is 0 Å². The highest BCUT2D eigenvalue weighted by molar-refractivity contribution is 5.58. The van der Waals surface area contributed by atoms with Crippen molar-refractivity contribution < 1.29 is 4.52 Å². The van der Waals surface area contributed by atoms with Crippen LogP contribution >= 0.6 is 0 Å². The Morgan fingerprint density at radius 1 is 1.28 bits per heavy atom. The van der Waals surface area contributed by atoms with Gasteiger partial charge in [0, 0.05) is 54.6 Å². The third-order valence-electron chi connectivity index (χ3n) is 6.42. The molecule has 2 atom stereocenters. The third kappa shape index (κ3) is 4.42. The zero-order chi connectivity index (χ0) is 22.2. The van der Waals surface area contributed by atoms with E-state index in [1.165, 1.54) is 6.42 Å². The normalized spacial score (nSPS) is 23.0. The maximum atomic E-state index is 5.68. The molecule has 3 aliphatic rings. The van der Waals surface area contributed by atoms with E-state index in [1.54, 1.807) is 0 Å². The summed E-state index contributed by atoms with van der Waals surface area (Å²) in [5.74, 6) is 9.06. The van der Waals surface area contributed by atoms with Crippen LogP contribution in [0.3, 0.4) is 0 Å². The van der Waals surface area contributed by atoms with Gasteiger partial charge in [0.15, 0.2) is 5.76 Å². The minimum atomic E-state index is 0.461. The van der Waals surface area contributed by atoms with Gasteiger partial charge in [-0.2, -0.15) is 9.97 Å². The Balaban J connectivity index is 1.36. The number of hydrazine groups is 1. The van der Waals surface area contributed by atoms with Gasteiger partial charge in [-0.1, -0.05) is 11.7 Å². The molecule has 2 unspecified atom stereocenters. The Labute approximate surface area is 187 Å². The highest BCUT2D eigenvalue weighted by atomic mass is 16.5. The number of fused-ring (bicyclic) bond motifs is 2. The van der Waals surface area contributed by atoms with Gasteiger partial charge in [-0.25, -0.2) is 0 Å². The number of allylic oxidation sites excluding steroid dienone is 2. The van der Waals surface area contributed by atoms with E-state index in [2.05, 4.69) is 49.6 Å². The molecular formula is C22H31N9O. The molecule has 5 rings (SSSR count). The van der Waals surface area contributed by atoms with Crippen molar-refractivity contribution in [3.05, 3.63) is 47.6 Å². The number of aromatic nitrogens is 3. The number of piperazine rings is 1. The molecule has 3 fully saturated rings. The molecule has 4 heterocycles. The molecule has 0 spiro atoms. The number of rotatable bonds is 9. The lowest BCUT2D eigenvalue weighted by molar-refractivity contribution is 0.292. The third-order valence-corrected chi connectivity index (χ3v) is 6.42. The second kappa shape index (κ2) is 8.44. The summed E-state index contributed by atoms with van der Waals surface area (Å²) in [7, 11) is 2.20. The molecule has 0 aromatic carbocycles. The van der Waals surface area contributed by atoms with Crippen molar-refractivity contribution >= 4 is 17.6 Å². The monoisotopic (exact) mass is 437 g/mol. The van der Waals surface area contributed by atoms with Crippen LogP contribution in [-0.2, 0) is 6.54 Å². The summed E-state index contributed by atoms with van der Waals surface area (Å²) >= 11 is 0. The fourth-order valence-corrected chi connectivity index (χ4v) is 4.60. The average molecular weight is 438 g/mol. The number of likely N-dealkylation sites (tertiary alicyclic amines) is 1. The Morgan fingerprint density at radius 2 is 2.12 bits per heavy atom. The van der Waals surface area contributed by atoms with Gasteiger partial charge in [0.1, 0.15) is 11.6 Å². The van der Waals surface area contributed by atoms with Crippen molar-refractivity contribution in [2.24, 2.45) is 11.8 Å². The summed E-state index contributed by atoms with van der Waals surface area (Å²) in [6.07, 6.45) is 5.44. The van der Waals surface area contributed by atoms with E-state index in [-0.39, 0.29) is 0 Å². The molecule has 5 N–H and O–H groups in total. The first-order valence-corrected chi connectivity index (χ1v) is 11.1. The number of likely N-dealkylation sites (N-methyl/N-ethyl adjacent to an activating group) is 1. The summed E-state index contributed by atoms with van der Waals surface area (Å²) in [4.78, 5) is 14.3. The number of anilines is 3. The molecule has 1 aliphatic carbocycles. The molecular weight excluding hydrogens is 406 g/mol. The molecule has 2 saturated heterocycles. The van der Waals surface area contributed by atoms with E-state index < -0.39 is 0 Å². The predicted octanol–water partition coefficient (Wildman–Crippen LogP) is 1.96. The largest absolute Gasteiger partial charge is 0.359 e. The van der Waals surface area contributed by atoms with Gasteiger partial charge < -0.3 is 25.5 Å². The number of nitrogens with zero attached hydrogens (tertiary/aromatic N) is 5. The molecule has 2 aromatic rings. The van der Waals surface area contributed by atoms with Gasteiger partial charge in [-0.05, 0) is 39.3 Å². The summed E-state index contributed by atoms with van der Waals surface area (Å²) in [6.45, 7) is 8.53. The maximum Gasteiger partial charge on any atom is 0.227 e. The van der Waals surface area contributed by atoms with Crippen molar-refractivity contribution in [2.45, 2.75) is 44.8 Å². The van der Waals surface area contributed by atoms with Crippen LogP contribution < -0.4 is 26.8 Å². The number of hydrogen-bond acceptors (Lipinski definition) is 10. The molecule has 2 bridgehead atoms. The second-order valence-corrected chi connectivity index (χ2v) is 9.03. The first kappa shape index (κ1) is 20.8. The summed E-state index contributed by atoms with van der Waals surface area (Å²) in [5.41, 5.74) is 5.37. The zero-order valence-corrected chi connectivity index (χ0v) is 18.6. The Morgan fingerprint density at radius 3 is 2.75 bits per heavy atom. The van der Waals surface area contributed by atoms with Gasteiger partial charge in [-0.3, -0.25) is 10.7 Å². The zero-order valence-electron chi connectivity index (χ0n) is 18.6. The van der Waals surface area contributed by atoms with Crippen LogP contribution in [0.15, 0.2) is 40.7 Å². The van der Waals surface area contributed by atoms with Gasteiger partial charge >= 0.3 is 0 Å². The molecule has 32 heavy (non-hydrogen) atoms. The molecule has 170 valence electrons. The SMILES string of the molecule is C=C(/C=C(\NN)C1CC1)Nc1cc(N2CC3CC2CN3C)nc(NCc2cc(C)no2)n1.